The second-order valence-electron chi connectivity index (χ2n) is 9.32. The van der Waals surface area contributed by atoms with E-state index in [2.05, 4.69) is 15.2 Å². The average molecular weight is 448 g/mol. The van der Waals surface area contributed by atoms with E-state index in [1.54, 1.807) is 22.7 Å². The lowest BCUT2D eigenvalue weighted by Gasteiger charge is -2.50. The summed E-state index contributed by atoms with van der Waals surface area (Å²) in [6.07, 6.45) is 6.71. The third-order valence-electron chi connectivity index (χ3n) is 7.25. The first-order valence-electron chi connectivity index (χ1n) is 11.0. The predicted octanol–water partition coefficient (Wildman–Crippen LogP) is 1.26. The molecule has 3 aliphatic rings. The molecule has 0 aliphatic carbocycles. The molecule has 3 aliphatic heterocycles. The van der Waals surface area contributed by atoms with E-state index in [0.717, 1.165) is 25.2 Å². The highest BCUT2D eigenvalue weighted by Crippen LogP contribution is 2.45. The molecule has 0 saturated carbocycles. The van der Waals surface area contributed by atoms with Gasteiger partial charge in [0.05, 0.1) is 18.5 Å². The van der Waals surface area contributed by atoms with Crippen LogP contribution in [0.2, 0.25) is 0 Å². The molecule has 3 saturated heterocycles. The molecule has 0 bridgehead atoms. The van der Waals surface area contributed by atoms with Crippen LogP contribution in [-0.2, 0) is 16.4 Å². The average Bonchev–Trinajstić information content (AvgIpc) is 3.45. The van der Waals surface area contributed by atoms with Gasteiger partial charge >= 0.3 is 0 Å². The van der Waals surface area contributed by atoms with Gasteiger partial charge in [-0.3, -0.25) is 9.48 Å². The van der Waals surface area contributed by atoms with Crippen LogP contribution >= 0.6 is 0 Å². The lowest BCUT2D eigenvalue weighted by molar-refractivity contribution is 0.0422. The van der Waals surface area contributed by atoms with Gasteiger partial charge in [-0.15, -0.1) is 0 Å². The highest BCUT2D eigenvalue weighted by molar-refractivity contribution is 7.93. The molecule has 168 valence electrons. The Hall–Kier alpha value is -2.20. The summed E-state index contributed by atoms with van der Waals surface area (Å²) in [6.45, 7) is 7.52. The second-order valence-corrected chi connectivity index (χ2v) is 11.8. The van der Waals surface area contributed by atoms with Gasteiger partial charge in [-0.2, -0.15) is 5.10 Å². The minimum Gasteiger partial charge on any atom is -0.361 e. The van der Waals surface area contributed by atoms with Gasteiger partial charge in [-0.1, -0.05) is 5.16 Å². The van der Waals surface area contributed by atoms with Crippen molar-refractivity contribution in [1.29, 1.82) is 0 Å². The number of hydrogen-bond acceptors (Lipinski definition) is 7. The van der Waals surface area contributed by atoms with Crippen molar-refractivity contribution in [1.82, 2.24) is 24.7 Å². The molecule has 1 atom stereocenters. The molecule has 0 radical (unpaired) electrons. The number of aromatic nitrogens is 3. The van der Waals surface area contributed by atoms with Gasteiger partial charge in [0.1, 0.15) is 10.5 Å². The Bertz CT molecular complexity index is 1090. The van der Waals surface area contributed by atoms with E-state index < -0.39 is 14.6 Å². The van der Waals surface area contributed by atoms with Crippen LogP contribution in [-0.4, -0.2) is 82.3 Å². The summed E-state index contributed by atoms with van der Waals surface area (Å²) in [5.74, 6) is 0.626. The van der Waals surface area contributed by atoms with Crippen LogP contribution in [0.4, 0.5) is 0 Å². The summed E-state index contributed by atoms with van der Waals surface area (Å²) < 4.78 is 32.2. The fourth-order valence-electron chi connectivity index (χ4n) is 5.36. The zero-order valence-corrected chi connectivity index (χ0v) is 18.9. The quantitative estimate of drug-likeness (QED) is 0.680. The summed E-state index contributed by atoms with van der Waals surface area (Å²) in [5, 5.41) is 8.30. The highest BCUT2D eigenvalue weighted by atomic mass is 32.2. The summed E-state index contributed by atoms with van der Waals surface area (Å²) in [6, 6.07) is 0. The van der Waals surface area contributed by atoms with Crippen LogP contribution in [0.5, 0.6) is 0 Å². The largest absolute Gasteiger partial charge is 0.361 e. The first-order valence-corrected chi connectivity index (χ1v) is 12.6. The van der Waals surface area contributed by atoms with Crippen molar-refractivity contribution in [3.05, 3.63) is 35.0 Å². The van der Waals surface area contributed by atoms with Crippen LogP contribution in [0, 0.1) is 19.8 Å². The van der Waals surface area contributed by atoms with Crippen molar-refractivity contribution in [2.24, 2.45) is 5.92 Å². The van der Waals surface area contributed by atoms with Crippen LogP contribution in [0.1, 0.15) is 46.6 Å². The van der Waals surface area contributed by atoms with E-state index in [-0.39, 0.29) is 36.4 Å². The maximum Gasteiger partial charge on any atom is 0.276 e. The van der Waals surface area contributed by atoms with E-state index in [1.807, 2.05) is 13.1 Å². The van der Waals surface area contributed by atoms with Crippen molar-refractivity contribution >= 4 is 15.7 Å². The van der Waals surface area contributed by atoms with Gasteiger partial charge in [-0.25, -0.2) is 8.42 Å². The number of likely N-dealkylation sites (tertiary alicyclic amines) is 2. The van der Waals surface area contributed by atoms with Crippen molar-refractivity contribution in [3.63, 3.8) is 0 Å². The number of sulfone groups is 1. The zero-order chi connectivity index (χ0) is 21.8. The van der Waals surface area contributed by atoms with Gasteiger partial charge in [0, 0.05) is 31.4 Å². The minimum atomic E-state index is -3.22. The molecule has 5 rings (SSSR count). The normalized spacial score (nSPS) is 24.7. The number of carbonyl (C=O) groups excluding carboxylic acids is 1. The van der Waals surface area contributed by atoms with Gasteiger partial charge < -0.3 is 14.3 Å². The lowest BCUT2D eigenvalue weighted by atomic mass is 9.82. The third kappa shape index (κ3) is 3.40. The van der Waals surface area contributed by atoms with Crippen molar-refractivity contribution < 1.29 is 17.7 Å². The molecule has 1 unspecified atom stereocenters. The van der Waals surface area contributed by atoms with Crippen LogP contribution in [0.15, 0.2) is 16.9 Å². The molecular formula is C21H29N5O4S. The van der Waals surface area contributed by atoms with E-state index in [4.69, 9.17) is 4.52 Å². The number of carbonyl (C=O) groups is 1. The number of aryl methyl sites for hydroxylation is 2. The molecule has 3 fully saturated rings. The van der Waals surface area contributed by atoms with Gasteiger partial charge in [0.15, 0.2) is 15.5 Å². The highest BCUT2D eigenvalue weighted by Gasteiger charge is 2.62. The topological polar surface area (TPSA) is 102 Å². The Morgan fingerprint density at radius 3 is 2.68 bits per heavy atom. The van der Waals surface area contributed by atoms with Gasteiger partial charge in [0.2, 0.25) is 0 Å². The summed E-state index contributed by atoms with van der Waals surface area (Å²) in [7, 11) is -3.22. The number of hydrogen-bond donors (Lipinski definition) is 0. The van der Waals surface area contributed by atoms with Crippen LogP contribution in [0.25, 0.3) is 0 Å². The summed E-state index contributed by atoms with van der Waals surface area (Å²) >= 11 is 0. The van der Waals surface area contributed by atoms with E-state index >= 15 is 0 Å². The maximum atomic E-state index is 13.2. The Kier molecular flexibility index (Phi) is 4.97. The molecule has 0 aromatic carbocycles. The molecule has 31 heavy (non-hydrogen) atoms. The van der Waals surface area contributed by atoms with Crippen molar-refractivity contribution in [2.75, 3.05) is 38.5 Å². The van der Waals surface area contributed by atoms with Crippen molar-refractivity contribution in [2.45, 2.75) is 44.4 Å². The Morgan fingerprint density at radius 1 is 1.26 bits per heavy atom. The molecule has 0 N–H and O–H groups in total. The number of rotatable bonds is 5. The zero-order valence-electron chi connectivity index (χ0n) is 18.1. The van der Waals surface area contributed by atoms with Crippen LogP contribution < -0.4 is 0 Å². The van der Waals surface area contributed by atoms with E-state index in [9.17, 15) is 13.2 Å². The fraction of sp³-hybridized carbons (Fsp3) is 0.667. The molecular weight excluding hydrogens is 418 g/mol. The van der Waals surface area contributed by atoms with Gasteiger partial charge in [-0.05, 0) is 57.7 Å². The van der Waals surface area contributed by atoms with Crippen LogP contribution in [0.3, 0.4) is 0 Å². The van der Waals surface area contributed by atoms with Gasteiger partial charge in [0.25, 0.3) is 5.91 Å². The molecule has 2 aromatic heterocycles. The number of nitrogens with zero attached hydrogens (tertiary/aromatic N) is 5. The minimum absolute atomic E-state index is 0.0882. The lowest BCUT2D eigenvalue weighted by Crippen LogP contribution is -2.69. The fourth-order valence-corrected chi connectivity index (χ4v) is 7.77. The van der Waals surface area contributed by atoms with E-state index in [1.165, 1.54) is 12.8 Å². The smallest absolute Gasteiger partial charge is 0.276 e. The first-order chi connectivity index (χ1) is 14.8. The molecule has 1 spiro atoms. The summed E-state index contributed by atoms with van der Waals surface area (Å²) in [4.78, 5) is 17.2. The predicted molar refractivity (Wildman–Crippen MR) is 114 cm³/mol. The third-order valence-corrected chi connectivity index (χ3v) is 9.85. The molecule has 10 heteroatoms. The maximum absolute atomic E-state index is 13.2. The molecule has 9 nitrogen and oxygen atoms in total. The molecule has 2 aromatic rings. The SMILES string of the molecule is Cc1cnn(Cc2c(C(=O)N3CC4(C3)C(CN3CCCC3)CCS4(=O)=O)noc2C)c1. The van der Waals surface area contributed by atoms with E-state index in [0.29, 0.717) is 24.3 Å². The molecule has 1 amide bonds. The van der Waals surface area contributed by atoms with Crippen molar-refractivity contribution in [3.8, 4) is 0 Å². The Morgan fingerprint density at radius 2 is 2.00 bits per heavy atom. The first kappa shape index (κ1) is 20.7. The molecule has 5 heterocycles. The standard InChI is InChI=1S/C21H29N5O4S/c1-15-9-22-26(10-15)12-18-16(2)30-23-19(18)20(27)25-13-21(14-25)17(5-8-31(21,28)29)11-24-6-3-4-7-24/h9-10,17H,3-8,11-14H2,1-2H3. The summed E-state index contributed by atoms with van der Waals surface area (Å²) in [5.41, 5.74) is 1.98. The number of amides is 1. The monoisotopic (exact) mass is 447 g/mol. The second kappa shape index (κ2) is 7.44. The Labute approximate surface area is 182 Å². The Balaban J connectivity index is 1.33.